The van der Waals surface area contributed by atoms with Crippen LogP contribution in [0.25, 0.3) is 6.08 Å². The van der Waals surface area contributed by atoms with Crippen LogP contribution in [0.2, 0.25) is 5.02 Å². The third-order valence-electron chi connectivity index (χ3n) is 5.39. The van der Waals surface area contributed by atoms with E-state index in [-0.39, 0.29) is 18.4 Å². The highest BCUT2D eigenvalue weighted by Crippen LogP contribution is 2.38. The van der Waals surface area contributed by atoms with Crippen molar-refractivity contribution in [1.29, 1.82) is 0 Å². The molecular weight excluding hydrogens is 516 g/mol. The smallest absolute Gasteiger partial charge is 0.270 e. The molecule has 4 rings (SSSR count). The van der Waals surface area contributed by atoms with Gasteiger partial charge in [0.25, 0.3) is 11.8 Å². The van der Waals surface area contributed by atoms with Gasteiger partial charge in [-0.15, -0.1) is 0 Å². The molecule has 184 valence electrons. The van der Waals surface area contributed by atoms with Crippen molar-refractivity contribution in [3.8, 4) is 11.5 Å². The standard InChI is InChI=1S/C27H23ClN2O4S2/c1-16-4-8-19(9-5-16)29-25(31)15-34-22-11-7-18(12-23(22)33-3)13-24-26(32)30(27(35)36-24)20-10-6-17(2)21(28)14-20/h4-14H,15H2,1-3H3,(H,29,31)/b24-13-. The third kappa shape index (κ3) is 5.90. The topological polar surface area (TPSA) is 67.9 Å². The van der Waals surface area contributed by atoms with Crippen LogP contribution in [0.1, 0.15) is 16.7 Å². The second-order valence-corrected chi connectivity index (χ2v) is 10.1. The van der Waals surface area contributed by atoms with Crippen LogP contribution in [-0.4, -0.2) is 29.9 Å². The fraction of sp³-hybridized carbons (Fsp3) is 0.148. The summed E-state index contributed by atoms with van der Waals surface area (Å²) in [5.41, 5.74) is 4.08. The number of thioether (sulfide) groups is 1. The zero-order valence-electron chi connectivity index (χ0n) is 19.8. The molecule has 1 aliphatic rings. The maximum Gasteiger partial charge on any atom is 0.270 e. The lowest BCUT2D eigenvalue weighted by molar-refractivity contribution is -0.118. The number of methoxy groups -OCH3 is 1. The molecule has 3 aromatic rings. The molecule has 0 aromatic heterocycles. The molecule has 0 aliphatic carbocycles. The predicted molar refractivity (Wildman–Crippen MR) is 150 cm³/mol. The largest absolute Gasteiger partial charge is 0.493 e. The van der Waals surface area contributed by atoms with Crippen LogP contribution in [-0.2, 0) is 9.59 Å². The quantitative estimate of drug-likeness (QED) is 0.278. The van der Waals surface area contributed by atoms with E-state index in [1.165, 1.54) is 23.8 Å². The Kier molecular flexibility index (Phi) is 7.98. The summed E-state index contributed by atoms with van der Waals surface area (Å²) in [6.07, 6.45) is 1.74. The number of halogens is 1. The van der Waals surface area contributed by atoms with Gasteiger partial charge < -0.3 is 14.8 Å². The summed E-state index contributed by atoms with van der Waals surface area (Å²) in [4.78, 5) is 27.3. The summed E-state index contributed by atoms with van der Waals surface area (Å²) in [6.45, 7) is 3.70. The Morgan fingerprint density at radius 3 is 2.53 bits per heavy atom. The minimum absolute atomic E-state index is 0.179. The molecule has 36 heavy (non-hydrogen) atoms. The van der Waals surface area contributed by atoms with E-state index < -0.39 is 0 Å². The second-order valence-electron chi connectivity index (χ2n) is 8.06. The summed E-state index contributed by atoms with van der Waals surface area (Å²) >= 11 is 12.9. The van der Waals surface area contributed by atoms with Crippen LogP contribution < -0.4 is 19.7 Å². The Hall–Kier alpha value is -3.33. The first-order chi connectivity index (χ1) is 17.2. The number of benzene rings is 3. The van der Waals surface area contributed by atoms with E-state index in [0.29, 0.717) is 37.1 Å². The van der Waals surface area contributed by atoms with Crippen LogP contribution in [0.15, 0.2) is 65.6 Å². The molecule has 1 aliphatic heterocycles. The van der Waals surface area contributed by atoms with Gasteiger partial charge in [0, 0.05) is 10.7 Å². The third-order valence-corrected chi connectivity index (χ3v) is 7.10. The minimum Gasteiger partial charge on any atom is -0.493 e. The van der Waals surface area contributed by atoms with Crippen molar-refractivity contribution in [3.63, 3.8) is 0 Å². The monoisotopic (exact) mass is 538 g/mol. The number of hydrogen-bond acceptors (Lipinski definition) is 6. The van der Waals surface area contributed by atoms with Crippen molar-refractivity contribution in [2.75, 3.05) is 23.9 Å². The van der Waals surface area contributed by atoms with Crippen LogP contribution >= 0.6 is 35.6 Å². The zero-order chi connectivity index (χ0) is 25.8. The molecule has 9 heteroatoms. The highest BCUT2D eigenvalue weighted by atomic mass is 35.5. The number of hydrogen-bond donors (Lipinski definition) is 1. The van der Waals surface area contributed by atoms with Gasteiger partial charge in [-0.3, -0.25) is 14.5 Å². The van der Waals surface area contributed by atoms with Crippen molar-refractivity contribution in [3.05, 3.63) is 87.3 Å². The first-order valence-electron chi connectivity index (χ1n) is 11.0. The molecule has 3 aromatic carbocycles. The van der Waals surface area contributed by atoms with E-state index in [1.807, 2.05) is 50.2 Å². The van der Waals surface area contributed by atoms with E-state index in [4.69, 9.17) is 33.3 Å². The number of carbonyl (C=O) groups is 2. The summed E-state index contributed by atoms with van der Waals surface area (Å²) in [7, 11) is 1.51. The number of thiocarbonyl (C=S) groups is 1. The van der Waals surface area contributed by atoms with Gasteiger partial charge in [-0.1, -0.05) is 65.4 Å². The minimum atomic E-state index is -0.287. The number of rotatable bonds is 7. The lowest BCUT2D eigenvalue weighted by Crippen LogP contribution is -2.27. The molecular formula is C27H23ClN2O4S2. The molecule has 0 atom stereocenters. The molecule has 1 fully saturated rings. The number of anilines is 2. The molecule has 1 saturated heterocycles. The Morgan fingerprint density at radius 1 is 1.08 bits per heavy atom. The molecule has 1 heterocycles. The van der Waals surface area contributed by atoms with Gasteiger partial charge in [-0.25, -0.2) is 0 Å². The van der Waals surface area contributed by atoms with Crippen molar-refractivity contribution in [2.45, 2.75) is 13.8 Å². The Bertz CT molecular complexity index is 1370. The van der Waals surface area contributed by atoms with Gasteiger partial charge in [0.2, 0.25) is 0 Å². The van der Waals surface area contributed by atoms with E-state index in [1.54, 1.807) is 30.3 Å². The predicted octanol–water partition coefficient (Wildman–Crippen LogP) is 6.39. The number of ether oxygens (including phenoxy) is 2. The highest BCUT2D eigenvalue weighted by Gasteiger charge is 2.33. The summed E-state index contributed by atoms with van der Waals surface area (Å²) in [6, 6.07) is 18.1. The Labute approximate surface area is 224 Å². The van der Waals surface area contributed by atoms with Gasteiger partial charge in [-0.2, -0.15) is 0 Å². The van der Waals surface area contributed by atoms with Crippen LogP contribution in [0.5, 0.6) is 11.5 Å². The molecule has 0 saturated carbocycles. The molecule has 0 radical (unpaired) electrons. The summed E-state index contributed by atoms with van der Waals surface area (Å²) in [5, 5.41) is 3.36. The molecule has 6 nitrogen and oxygen atoms in total. The van der Waals surface area contributed by atoms with Crippen molar-refractivity contribution in [1.82, 2.24) is 0 Å². The number of aryl methyl sites for hydroxylation is 2. The lowest BCUT2D eigenvalue weighted by atomic mass is 10.1. The molecule has 1 N–H and O–H groups in total. The Morgan fingerprint density at radius 2 is 1.83 bits per heavy atom. The number of nitrogens with one attached hydrogen (secondary N) is 1. The maximum absolute atomic E-state index is 13.1. The number of carbonyl (C=O) groups excluding carboxylic acids is 2. The fourth-order valence-electron chi connectivity index (χ4n) is 3.43. The van der Waals surface area contributed by atoms with Gasteiger partial charge in [0.15, 0.2) is 22.4 Å². The molecule has 0 spiro atoms. The Balaban J connectivity index is 1.45. The second kappa shape index (κ2) is 11.2. The van der Waals surface area contributed by atoms with Crippen LogP contribution in [0, 0.1) is 13.8 Å². The fourth-order valence-corrected chi connectivity index (χ4v) is 4.91. The number of nitrogens with zero attached hydrogens (tertiary/aromatic N) is 1. The number of amides is 2. The normalized spacial score (nSPS) is 14.3. The zero-order valence-corrected chi connectivity index (χ0v) is 22.2. The molecule has 0 unspecified atom stereocenters. The molecule has 0 bridgehead atoms. The van der Waals surface area contributed by atoms with Crippen LogP contribution in [0.3, 0.4) is 0 Å². The van der Waals surface area contributed by atoms with E-state index >= 15 is 0 Å². The highest BCUT2D eigenvalue weighted by molar-refractivity contribution is 8.27. The van der Waals surface area contributed by atoms with Gasteiger partial charge >= 0.3 is 0 Å². The SMILES string of the molecule is COc1cc(/C=C2\SC(=S)N(c3ccc(C)c(Cl)c3)C2=O)ccc1OCC(=O)Nc1ccc(C)cc1. The average Bonchev–Trinajstić information content (AvgIpc) is 3.13. The van der Waals surface area contributed by atoms with Gasteiger partial charge in [0.05, 0.1) is 17.7 Å². The van der Waals surface area contributed by atoms with E-state index in [2.05, 4.69) is 5.32 Å². The summed E-state index contributed by atoms with van der Waals surface area (Å²) in [5.74, 6) is 0.338. The van der Waals surface area contributed by atoms with Gasteiger partial charge in [-0.05, 0) is 67.4 Å². The van der Waals surface area contributed by atoms with Crippen molar-refractivity contribution in [2.24, 2.45) is 0 Å². The summed E-state index contributed by atoms with van der Waals surface area (Å²) < 4.78 is 11.6. The molecule has 2 amide bonds. The first kappa shape index (κ1) is 25.8. The van der Waals surface area contributed by atoms with Crippen LogP contribution in [0.4, 0.5) is 11.4 Å². The van der Waals surface area contributed by atoms with E-state index in [9.17, 15) is 9.59 Å². The lowest BCUT2D eigenvalue weighted by Gasteiger charge is -2.15. The maximum atomic E-state index is 13.1. The van der Waals surface area contributed by atoms with E-state index in [0.717, 1.165) is 16.7 Å². The average molecular weight is 539 g/mol. The first-order valence-corrected chi connectivity index (χ1v) is 12.6. The van der Waals surface area contributed by atoms with Crippen molar-refractivity contribution >= 4 is 69.2 Å². The van der Waals surface area contributed by atoms with Gasteiger partial charge in [0.1, 0.15) is 0 Å². The van der Waals surface area contributed by atoms with Crippen molar-refractivity contribution < 1.29 is 19.1 Å².